The second-order valence-corrected chi connectivity index (χ2v) is 6.00. The number of hydrogen-bond donors (Lipinski definition) is 2. The van der Waals surface area contributed by atoms with Gasteiger partial charge in [-0.3, -0.25) is 4.79 Å². The Kier molecular flexibility index (Phi) is 6.71. The van der Waals surface area contributed by atoms with E-state index in [1.807, 2.05) is 26.0 Å². The third kappa shape index (κ3) is 4.53. The molecule has 0 saturated carbocycles. The summed E-state index contributed by atoms with van der Waals surface area (Å²) in [5.74, 6) is 1.47. The molecule has 2 N–H and O–H groups in total. The Morgan fingerprint density at radius 2 is 2.29 bits per heavy atom. The maximum atomic E-state index is 12.3. The molecule has 1 fully saturated rings. The molecule has 0 radical (unpaired) electrons. The van der Waals surface area contributed by atoms with E-state index in [-0.39, 0.29) is 30.5 Å². The maximum Gasteiger partial charge on any atom is 0.226 e. The molecule has 0 bridgehead atoms. The molecule has 2 aliphatic rings. The molecule has 0 aromatic heterocycles. The first-order valence-electron chi connectivity index (χ1n) is 8.23. The van der Waals surface area contributed by atoms with Gasteiger partial charge in [0.1, 0.15) is 17.6 Å². The topological polar surface area (TPSA) is 68.8 Å². The number of ether oxygens (including phenoxy) is 3. The third-order valence-corrected chi connectivity index (χ3v) is 4.00. The van der Waals surface area contributed by atoms with Crippen LogP contribution >= 0.6 is 12.4 Å². The lowest BCUT2D eigenvalue weighted by molar-refractivity contribution is -0.117. The van der Waals surface area contributed by atoms with Gasteiger partial charge >= 0.3 is 0 Å². The quantitative estimate of drug-likeness (QED) is 0.846. The van der Waals surface area contributed by atoms with Crippen LogP contribution in [0.5, 0.6) is 11.5 Å². The third-order valence-electron chi connectivity index (χ3n) is 4.00. The molecule has 6 nitrogen and oxygen atoms in total. The predicted octanol–water partition coefficient (Wildman–Crippen LogP) is 2.15. The van der Waals surface area contributed by atoms with Crippen LogP contribution in [0.15, 0.2) is 12.1 Å². The summed E-state index contributed by atoms with van der Waals surface area (Å²) in [7, 11) is 0. The number of rotatable bonds is 5. The molecule has 1 saturated heterocycles. The minimum atomic E-state index is -0.0556. The van der Waals surface area contributed by atoms with Crippen molar-refractivity contribution in [3.8, 4) is 11.5 Å². The molecule has 1 amide bonds. The van der Waals surface area contributed by atoms with Gasteiger partial charge in [0.15, 0.2) is 0 Å². The van der Waals surface area contributed by atoms with Crippen molar-refractivity contribution < 1.29 is 19.0 Å². The first kappa shape index (κ1) is 18.8. The number of hydrogen-bond acceptors (Lipinski definition) is 5. The second-order valence-electron chi connectivity index (χ2n) is 6.00. The van der Waals surface area contributed by atoms with Gasteiger partial charge in [-0.15, -0.1) is 12.4 Å². The number of carbonyl (C=O) groups excluding carboxylic acids is 1. The van der Waals surface area contributed by atoms with Crippen LogP contribution in [0.1, 0.15) is 25.8 Å². The van der Waals surface area contributed by atoms with Gasteiger partial charge in [0.05, 0.1) is 25.5 Å². The van der Waals surface area contributed by atoms with E-state index in [4.69, 9.17) is 14.2 Å². The zero-order chi connectivity index (χ0) is 16.2. The highest BCUT2D eigenvalue weighted by atomic mass is 35.5. The maximum absolute atomic E-state index is 12.3. The zero-order valence-electron chi connectivity index (χ0n) is 14.1. The molecule has 7 heteroatoms. The standard InChI is InChI=1S/C17H24N2O4.ClH/c1-3-22-16-7-12-6-11(2)23-15(12)9-14(16)19-17(20)8-13-10-21-5-4-18-13;/h7,9,11,13,18H,3-6,8,10H2,1-2H3,(H,19,20);1H. The van der Waals surface area contributed by atoms with Crippen LogP contribution in [0, 0.1) is 0 Å². The van der Waals surface area contributed by atoms with Crippen molar-refractivity contribution in [2.45, 2.75) is 38.8 Å². The number of carbonyl (C=O) groups is 1. The summed E-state index contributed by atoms with van der Waals surface area (Å²) < 4.78 is 16.8. The first-order valence-corrected chi connectivity index (χ1v) is 8.23. The van der Waals surface area contributed by atoms with Crippen molar-refractivity contribution in [2.24, 2.45) is 0 Å². The van der Waals surface area contributed by atoms with Crippen molar-refractivity contribution in [1.29, 1.82) is 0 Å². The lowest BCUT2D eigenvalue weighted by atomic mass is 10.1. The van der Waals surface area contributed by atoms with E-state index in [0.717, 1.165) is 24.3 Å². The van der Waals surface area contributed by atoms with Crippen LogP contribution in [-0.2, 0) is 16.0 Å². The molecule has 0 aliphatic carbocycles. The highest BCUT2D eigenvalue weighted by Gasteiger charge is 2.23. The van der Waals surface area contributed by atoms with E-state index in [2.05, 4.69) is 10.6 Å². The average molecular weight is 357 g/mol. The Morgan fingerprint density at radius 3 is 3.00 bits per heavy atom. The largest absolute Gasteiger partial charge is 0.492 e. The molecule has 2 atom stereocenters. The monoisotopic (exact) mass is 356 g/mol. The summed E-state index contributed by atoms with van der Waals surface area (Å²) in [6, 6.07) is 3.90. The SMILES string of the molecule is CCOc1cc2c(cc1NC(=O)CC1COCCN1)OC(C)C2.Cl. The van der Waals surface area contributed by atoms with Gasteiger partial charge in [-0.1, -0.05) is 0 Å². The van der Waals surface area contributed by atoms with E-state index in [0.29, 0.717) is 37.7 Å². The lowest BCUT2D eigenvalue weighted by Crippen LogP contribution is -2.43. The normalized spacial score (nSPS) is 22.1. The molecule has 134 valence electrons. The first-order chi connectivity index (χ1) is 11.2. The van der Waals surface area contributed by atoms with E-state index >= 15 is 0 Å². The molecule has 2 aliphatic heterocycles. The van der Waals surface area contributed by atoms with E-state index in [1.165, 1.54) is 0 Å². The molecule has 0 spiro atoms. The molecule has 1 aromatic rings. The Bertz CT molecular complexity index is 576. The summed E-state index contributed by atoms with van der Waals surface area (Å²) in [6.07, 6.45) is 1.40. The average Bonchev–Trinajstić information content (AvgIpc) is 2.88. The van der Waals surface area contributed by atoms with Gasteiger partial charge in [0.2, 0.25) is 5.91 Å². The van der Waals surface area contributed by atoms with Crippen molar-refractivity contribution in [1.82, 2.24) is 5.32 Å². The molecule has 1 aromatic carbocycles. The van der Waals surface area contributed by atoms with Crippen molar-refractivity contribution in [3.63, 3.8) is 0 Å². The fourth-order valence-corrected chi connectivity index (χ4v) is 2.99. The van der Waals surface area contributed by atoms with Gasteiger partial charge in [-0.2, -0.15) is 0 Å². The molecule has 3 rings (SSSR count). The number of fused-ring (bicyclic) bond motifs is 1. The smallest absolute Gasteiger partial charge is 0.226 e. The molecular formula is C17H25ClN2O4. The van der Waals surface area contributed by atoms with Gasteiger partial charge in [0.25, 0.3) is 0 Å². The minimum Gasteiger partial charge on any atom is -0.492 e. The molecule has 2 heterocycles. The van der Waals surface area contributed by atoms with Gasteiger partial charge in [-0.25, -0.2) is 0 Å². The van der Waals surface area contributed by atoms with Crippen LogP contribution in [0.25, 0.3) is 0 Å². The lowest BCUT2D eigenvalue weighted by Gasteiger charge is -2.23. The fourth-order valence-electron chi connectivity index (χ4n) is 2.99. The van der Waals surface area contributed by atoms with Crippen LogP contribution in [0.3, 0.4) is 0 Å². The Labute approximate surface area is 148 Å². The fraction of sp³-hybridized carbons (Fsp3) is 0.588. The number of nitrogens with one attached hydrogen (secondary N) is 2. The summed E-state index contributed by atoms with van der Waals surface area (Å²) in [6.45, 7) is 6.57. The predicted molar refractivity (Wildman–Crippen MR) is 94.5 cm³/mol. The number of benzene rings is 1. The number of halogens is 1. The number of morpholine rings is 1. The van der Waals surface area contributed by atoms with E-state index in [9.17, 15) is 4.79 Å². The van der Waals surface area contributed by atoms with Crippen LogP contribution in [0.2, 0.25) is 0 Å². The van der Waals surface area contributed by atoms with Crippen LogP contribution in [-0.4, -0.2) is 44.4 Å². The highest BCUT2D eigenvalue weighted by molar-refractivity contribution is 5.93. The molecule has 24 heavy (non-hydrogen) atoms. The molecular weight excluding hydrogens is 332 g/mol. The summed E-state index contributed by atoms with van der Waals surface area (Å²) in [5.41, 5.74) is 1.79. The minimum absolute atomic E-state index is 0. The summed E-state index contributed by atoms with van der Waals surface area (Å²) in [5, 5.41) is 6.23. The number of anilines is 1. The Balaban J connectivity index is 0.00000208. The zero-order valence-corrected chi connectivity index (χ0v) is 14.9. The Morgan fingerprint density at radius 1 is 1.46 bits per heavy atom. The van der Waals surface area contributed by atoms with Crippen LogP contribution in [0.4, 0.5) is 5.69 Å². The van der Waals surface area contributed by atoms with Crippen LogP contribution < -0.4 is 20.1 Å². The Hall–Kier alpha value is -1.50. The highest BCUT2D eigenvalue weighted by Crippen LogP contribution is 2.38. The van der Waals surface area contributed by atoms with Gasteiger partial charge < -0.3 is 24.8 Å². The van der Waals surface area contributed by atoms with Crippen molar-refractivity contribution in [2.75, 3.05) is 31.7 Å². The van der Waals surface area contributed by atoms with E-state index < -0.39 is 0 Å². The number of amides is 1. The summed E-state index contributed by atoms with van der Waals surface area (Å²) >= 11 is 0. The van der Waals surface area contributed by atoms with Gasteiger partial charge in [0, 0.05) is 37.1 Å². The van der Waals surface area contributed by atoms with Crippen molar-refractivity contribution in [3.05, 3.63) is 17.7 Å². The second kappa shape index (κ2) is 8.55. The summed E-state index contributed by atoms with van der Waals surface area (Å²) in [4.78, 5) is 12.3. The van der Waals surface area contributed by atoms with Crippen molar-refractivity contribution >= 4 is 24.0 Å². The van der Waals surface area contributed by atoms with E-state index in [1.54, 1.807) is 0 Å². The van der Waals surface area contributed by atoms with Gasteiger partial charge in [-0.05, 0) is 19.9 Å². The molecule has 2 unspecified atom stereocenters.